The summed E-state index contributed by atoms with van der Waals surface area (Å²) in [6, 6.07) is 9.00. The van der Waals surface area contributed by atoms with Crippen LogP contribution in [-0.2, 0) is 6.42 Å². The average molecular weight is 468 g/mol. The standard InChI is InChI=1S/C19H16Br2O4/c1-4-15-17(12-6-5-11(23-2)9-16(12)25-15)18(22)10-7-13(20)19(24-3)14(21)8-10/h5-9H,4H2,1-3H3. The third-order valence-corrected chi connectivity index (χ3v) is 5.16. The first-order valence-corrected chi connectivity index (χ1v) is 9.25. The quantitative estimate of drug-likeness (QED) is 0.447. The van der Waals surface area contributed by atoms with E-state index in [0.717, 1.165) is 5.39 Å². The van der Waals surface area contributed by atoms with Gasteiger partial charge in [0.2, 0.25) is 0 Å². The maximum Gasteiger partial charge on any atom is 0.197 e. The van der Waals surface area contributed by atoms with E-state index in [1.807, 2.05) is 19.1 Å². The molecule has 0 fully saturated rings. The van der Waals surface area contributed by atoms with Gasteiger partial charge in [-0.25, -0.2) is 0 Å². The predicted octanol–water partition coefficient (Wildman–Crippen LogP) is 5.77. The van der Waals surface area contributed by atoms with Crippen molar-refractivity contribution in [1.29, 1.82) is 0 Å². The molecule has 0 spiro atoms. The zero-order chi connectivity index (χ0) is 18.1. The topological polar surface area (TPSA) is 48.7 Å². The number of benzene rings is 2. The van der Waals surface area contributed by atoms with Crippen molar-refractivity contribution in [2.45, 2.75) is 13.3 Å². The van der Waals surface area contributed by atoms with Crippen LogP contribution in [0, 0.1) is 0 Å². The zero-order valence-electron chi connectivity index (χ0n) is 14.0. The minimum atomic E-state index is -0.0928. The van der Waals surface area contributed by atoms with Crippen LogP contribution < -0.4 is 9.47 Å². The Labute approximate surface area is 162 Å². The van der Waals surface area contributed by atoms with Crippen LogP contribution in [0.25, 0.3) is 11.0 Å². The molecule has 130 valence electrons. The minimum absolute atomic E-state index is 0.0928. The van der Waals surface area contributed by atoms with Crippen molar-refractivity contribution in [3.05, 3.63) is 56.2 Å². The van der Waals surface area contributed by atoms with E-state index in [-0.39, 0.29) is 5.78 Å². The van der Waals surface area contributed by atoms with E-state index in [1.54, 1.807) is 32.4 Å². The normalized spacial score (nSPS) is 10.9. The second-order valence-corrected chi connectivity index (χ2v) is 7.13. The van der Waals surface area contributed by atoms with Crippen LogP contribution in [0.1, 0.15) is 28.6 Å². The van der Waals surface area contributed by atoms with Gasteiger partial charge in [-0.05, 0) is 56.1 Å². The van der Waals surface area contributed by atoms with Crippen LogP contribution >= 0.6 is 31.9 Å². The highest BCUT2D eigenvalue weighted by atomic mass is 79.9. The van der Waals surface area contributed by atoms with Crippen molar-refractivity contribution in [3.63, 3.8) is 0 Å². The molecule has 0 unspecified atom stereocenters. The fraction of sp³-hybridized carbons (Fsp3) is 0.211. The lowest BCUT2D eigenvalue weighted by Gasteiger charge is -2.09. The number of halogens is 2. The monoisotopic (exact) mass is 466 g/mol. The summed E-state index contributed by atoms with van der Waals surface area (Å²) in [6.45, 7) is 1.96. The molecular weight excluding hydrogens is 452 g/mol. The van der Waals surface area contributed by atoms with Gasteiger partial charge in [0.15, 0.2) is 5.78 Å². The highest BCUT2D eigenvalue weighted by Gasteiger charge is 2.23. The number of furan rings is 1. The summed E-state index contributed by atoms with van der Waals surface area (Å²) >= 11 is 6.89. The van der Waals surface area contributed by atoms with E-state index >= 15 is 0 Å². The second-order valence-electron chi connectivity index (χ2n) is 5.42. The van der Waals surface area contributed by atoms with Crippen LogP contribution in [0.3, 0.4) is 0 Å². The number of carbonyl (C=O) groups is 1. The van der Waals surface area contributed by atoms with Crippen LogP contribution in [0.2, 0.25) is 0 Å². The molecule has 0 aliphatic carbocycles. The lowest BCUT2D eigenvalue weighted by atomic mass is 9.99. The summed E-state index contributed by atoms with van der Waals surface area (Å²) in [4.78, 5) is 13.2. The number of hydrogen-bond donors (Lipinski definition) is 0. The Bertz CT molecular complexity index is 936. The molecule has 4 nitrogen and oxygen atoms in total. The van der Waals surface area contributed by atoms with Gasteiger partial charge in [-0.2, -0.15) is 0 Å². The molecule has 0 N–H and O–H groups in total. The van der Waals surface area contributed by atoms with Crippen molar-refractivity contribution in [2.24, 2.45) is 0 Å². The molecule has 0 bridgehead atoms. The molecule has 25 heavy (non-hydrogen) atoms. The molecule has 1 heterocycles. The van der Waals surface area contributed by atoms with Gasteiger partial charge < -0.3 is 13.9 Å². The fourth-order valence-corrected chi connectivity index (χ4v) is 4.29. The summed E-state index contributed by atoms with van der Waals surface area (Å²) in [6.07, 6.45) is 0.622. The molecule has 0 amide bonds. The SMILES string of the molecule is CCc1oc2cc(OC)ccc2c1C(=O)c1cc(Br)c(OC)c(Br)c1. The molecule has 0 aliphatic rings. The molecule has 0 aliphatic heterocycles. The zero-order valence-corrected chi connectivity index (χ0v) is 17.2. The van der Waals surface area contributed by atoms with E-state index < -0.39 is 0 Å². The number of ether oxygens (including phenoxy) is 2. The Morgan fingerprint density at radius 3 is 2.32 bits per heavy atom. The number of carbonyl (C=O) groups excluding carboxylic acids is 1. The number of rotatable bonds is 5. The van der Waals surface area contributed by atoms with Crippen molar-refractivity contribution in [2.75, 3.05) is 14.2 Å². The first kappa shape index (κ1) is 18.0. The summed E-state index contributed by atoms with van der Waals surface area (Å²) in [5, 5.41) is 0.783. The molecule has 0 saturated carbocycles. The largest absolute Gasteiger partial charge is 0.497 e. The number of methoxy groups -OCH3 is 2. The second kappa shape index (κ2) is 7.22. The molecular formula is C19H16Br2O4. The third kappa shape index (κ3) is 3.20. The Morgan fingerprint density at radius 2 is 1.76 bits per heavy atom. The van der Waals surface area contributed by atoms with Crippen LogP contribution in [0.4, 0.5) is 0 Å². The molecule has 1 aromatic heterocycles. The van der Waals surface area contributed by atoms with Gasteiger partial charge >= 0.3 is 0 Å². The molecule has 6 heteroatoms. The van der Waals surface area contributed by atoms with Gasteiger partial charge in [0.1, 0.15) is 22.8 Å². The maximum atomic E-state index is 13.2. The Hall–Kier alpha value is -1.79. The lowest BCUT2D eigenvalue weighted by molar-refractivity contribution is 0.103. The van der Waals surface area contributed by atoms with Crippen molar-refractivity contribution < 1.29 is 18.7 Å². The van der Waals surface area contributed by atoms with E-state index in [9.17, 15) is 4.79 Å². The molecule has 3 aromatic rings. The van der Waals surface area contributed by atoms with Crippen molar-refractivity contribution >= 4 is 48.6 Å². The fourth-order valence-electron chi connectivity index (χ4n) is 2.78. The first-order chi connectivity index (χ1) is 12.0. The van der Waals surface area contributed by atoms with Crippen LogP contribution in [0.5, 0.6) is 11.5 Å². The van der Waals surface area contributed by atoms with Crippen molar-refractivity contribution in [3.8, 4) is 11.5 Å². The summed E-state index contributed by atoms with van der Waals surface area (Å²) < 4.78 is 17.8. The number of aryl methyl sites for hydroxylation is 1. The molecule has 0 radical (unpaired) electrons. The third-order valence-electron chi connectivity index (χ3n) is 3.98. The lowest BCUT2D eigenvalue weighted by Crippen LogP contribution is -2.04. The Balaban J connectivity index is 2.17. The molecule has 0 atom stereocenters. The van der Waals surface area contributed by atoms with E-state index in [0.29, 0.717) is 49.3 Å². The van der Waals surface area contributed by atoms with E-state index in [4.69, 9.17) is 13.9 Å². The highest BCUT2D eigenvalue weighted by Crippen LogP contribution is 2.37. The molecule has 3 rings (SSSR count). The van der Waals surface area contributed by atoms with Gasteiger partial charge in [-0.3, -0.25) is 4.79 Å². The Morgan fingerprint density at radius 1 is 1.08 bits per heavy atom. The maximum absolute atomic E-state index is 13.2. The van der Waals surface area contributed by atoms with Gasteiger partial charge in [0.25, 0.3) is 0 Å². The van der Waals surface area contributed by atoms with Crippen molar-refractivity contribution in [1.82, 2.24) is 0 Å². The molecule has 0 saturated heterocycles. The van der Waals surface area contributed by atoms with Crippen LogP contribution in [0.15, 0.2) is 43.7 Å². The number of fused-ring (bicyclic) bond motifs is 1. The highest BCUT2D eigenvalue weighted by molar-refractivity contribution is 9.11. The number of ketones is 1. The minimum Gasteiger partial charge on any atom is -0.497 e. The van der Waals surface area contributed by atoms with E-state index in [1.165, 1.54) is 0 Å². The van der Waals surface area contributed by atoms with Gasteiger partial charge in [0.05, 0.1) is 28.7 Å². The van der Waals surface area contributed by atoms with Gasteiger partial charge in [0, 0.05) is 23.4 Å². The molecule has 2 aromatic carbocycles. The summed E-state index contributed by atoms with van der Waals surface area (Å²) in [7, 11) is 3.18. The average Bonchev–Trinajstić information content (AvgIpc) is 2.98. The Kier molecular flexibility index (Phi) is 5.20. The van der Waals surface area contributed by atoms with Gasteiger partial charge in [-0.1, -0.05) is 6.92 Å². The summed E-state index contributed by atoms with van der Waals surface area (Å²) in [5.41, 5.74) is 1.78. The number of hydrogen-bond acceptors (Lipinski definition) is 4. The predicted molar refractivity (Wildman–Crippen MR) is 104 cm³/mol. The van der Waals surface area contributed by atoms with E-state index in [2.05, 4.69) is 31.9 Å². The summed E-state index contributed by atoms with van der Waals surface area (Å²) in [5.74, 6) is 1.91. The van der Waals surface area contributed by atoms with Gasteiger partial charge in [-0.15, -0.1) is 0 Å². The first-order valence-electron chi connectivity index (χ1n) is 7.67. The smallest absolute Gasteiger partial charge is 0.197 e. The van der Waals surface area contributed by atoms with Crippen LogP contribution in [-0.4, -0.2) is 20.0 Å².